The maximum atomic E-state index is 11.7. The molecular weight excluding hydrogens is 216 g/mol. The van der Waals surface area contributed by atoms with Crippen molar-refractivity contribution in [1.82, 2.24) is 0 Å². The summed E-state index contributed by atoms with van der Waals surface area (Å²) < 4.78 is 5.30. The fourth-order valence-corrected chi connectivity index (χ4v) is 1.59. The van der Waals surface area contributed by atoms with Gasteiger partial charge in [0, 0.05) is 0 Å². The molecule has 1 aromatic carbocycles. The van der Waals surface area contributed by atoms with Crippen molar-refractivity contribution in [3.63, 3.8) is 0 Å². The maximum absolute atomic E-state index is 11.7. The van der Waals surface area contributed by atoms with Crippen LogP contribution in [-0.2, 0) is 4.74 Å². The number of phenolic OH excluding ortho intramolecular Hbond substituents is 1. The molecule has 0 bridgehead atoms. The summed E-state index contributed by atoms with van der Waals surface area (Å²) in [4.78, 5) is 11.7. The van der Waals surface area contributed by atoms with Crippen molar-refractivity contribution >= 4 is 5.97 Å². The number of unbranched alkanes of at least 4 members (excludes halogenated alkanes) is 2. The molecule has 0 fully saturated rings. The highest BCUT2D eigenvalue weighted by Gasteiger charge is 2.11. The Balaban J connectivity index is 2.40. The molecule has 0 unspecified atom stereocenters. The third-order valence-electron chi connectivity index (χ3n) is 2.63. The average Bonchev–Trinajstić information content (AvgIpc) is 2.30. The first-order valence-electron chi connectivity index (χ1n) is 6.13. The summed E-state index contributed by atoms with van der Waals surface area (Å²) in [5.74, 6) is -0.174. The predicted octanol–water partition coefficient (Wildman–Crippen LogP) is 3.52. The molecule has 0 aliphatic carbocycles. The second-order valence-corrected chi connectivity index (χ2v) is 4.26. The lowest BCUT2D eigenvalue weighted by atomic mass is 10.1. The summed E-state index contributed by atoms with van der Waals surface area (Å²) in [5, 5.41) is 9.11. The molecule has 0 saturated heterocycles. The molecule has 1 rings (SSSR count). The monoisotopic (exact) mass is 236 g/mol. The van der Waals surface area contributed by atoms with Crippen LogP contribution in [0.2, 0.25) is 0 Å². The van der Waals surface area contributed by atoms with Gasteiger partial charge in [0.25, 0.3) is 0 Å². The Hall–Kier alpha value is -1.51. The Morgan fingerprint density at radius 2 is 1.94 bits per heavy atom. The van der Waals surface area contributed by atoms with Gasteiger partial charge in [-0.25, -0.2) is 4.79 Å². The SMILES string of the molecule is CCCCC[C@@H](C)OC(=O)c1ccc(O)cc1. The zero-order valence-electron chi connectivity index (χ0n) is 10.5. The summed E-state index contributed by atoms with van der Waals surface area (Å²) in [7, 11) is 0. The molecule has 0 aromatic heterocycles. The van der Waals surface area contributed by atoms with Crippen molar-refractivity contribution in [2.45, 2.75) is 45.6 Å². The molecule has 17 heavy (non-hydrogen) atoms. The zero-order valence-corrected chi connectivity index (χ0v) is 10.5. The summed E-state index contributed by atoms with van der Waals surface area (Å²) >= 11 is 0. The van der Waals surface area contributed by atoms with Gasteiger partial charge in [-0.3, -0.25) is 0 Å². The Morgan fingerprint density at radius 1 is 1.29 bits per heavy atom. The van der Waals surface area contributed by atoms with Gasteiger partial charge in [0.2, 0.25) is 0 Å². The standard InChI is InChI=1S/C14H20O3/c1-3-4-5-6-11(2)17-14(16)12-7-9-13(15)10-8-12/h7-11,15H,3-6H2,1-2H3/t11-/m1/s1. The first-order chi connectivity index (χ1) is 8.13. The van der Waals surface area contributed by atoms with Crippen molar-refractivity contribution in [2.24, 2.45) is 0 Å². The molecule has 0 spiro atoms. The lowest BCUT2D eigenvalue weighted by molar-refractivity contribution is 0.0319. The van der Waals surface area contributed by atoms with E-state index >= 15 is 0 Å². The third kappa shape index (κ3) is 4.89. The van der Waals surface area contributed by atoms with Crippen LogP contribution < -0.4 is 0 Å². The van der Waals surface area contributed by atoms with Crippen LogP contribution in [0.3, 0.4) is 0 Å². The Kier molecular flexibility index (Phi) is 5.53. The van der Waals surface area contributed by atoms with Crippen molar-refractivity contribution in [3.8, 4) is 5.75 Å². The predicted molar refractivity (Wildman–Crippen MR) is 67.1 cm³/mol. The molecule has 0 saturated carbocycles. The molecule has 0 aliphatic heterocycles. The number of hydrogen-bond donors (Lipinski definition) is 1. The molecule has 0 amide bonds. The van der Waals surface area contributed by atoms with E-state index in [4.69, 9.17) is 9.84 Å². The molecule has 94 valence electrons. The van der Waals surface area contributed by atoms with E-state index in [1.807, 2.05) is 6.92 Å². The maximum Gasteiger partial charge on any atom is 0.338 e. The number of aromatic hydroxyl groups is 1. The number of carbonyl (C=O) groups is 1. The van der Waals surface area contributed by atoms with Crippen LogP contribution in [0.5, 0.6) is 5.75 Å². The summed E-state index contributed by atoms with van der Waals surface area (Å²) in [6.45, 7) is 4.06. The van der Waals surface area contributed by atoms with Gasteiger partial charge >= 0.3 is 5.97 Å². The topological polar surface area (TPSA) is 46.5 Å². The van der Waals surface area contributed by atoms with E-state index in [-0.39, 0.29) is 17.8 Å². The quantitative estimate of drug-likeness (QED) is 0.607. The molecule has 1 aromatic rings. The summed E-state index contributed by atoms with van der Waals surface area (Å²) in [6.07, 6.45) is 4.26. The highest BCUT2D eigenvalue weighted by molar-refractivity contribution is 5.89. The van der Waals surface area contributed by atoms with Crippen LogP contribution in [0, 0.1) is 0 Å². The van der Waals surface area contributed by atoms with Gasteiger partial charge in [0.1, 0.15) is 5.75 Å². The van der Waals surface area contributed by atoms with E-state index < -0.39 is 0 Å². The number of esters is 1. The van der Waals surface area contributed by atoms with E-state index in [1.165, 1.54) is 25.0 Å². The minimum absolute atomic E-state index is 0.0529. The molecule has 0 aliphatic rings. The number of hydrogen-bond acceptors (Lipinski definition) is 3. The van der Waals surface area contributed by atoms with Crippen molar-refractivity contribution in [1.29, 1.82) is 0 Å². The van der Waals surface area contributed by atoms with Crippen LogP contribution in [0.15, 0.2) is 24.3 Å². The van der Waals surface area contributed by atoms with Crippen LogP contribution in [-0.4, -0.2) is 17.2 Å². The largest absolute Gasteiger partial charge is 0.508 e. The number of rotatable bonds is 6. The van der Waals surface area contributed by atoms with Crippen molar-refractivity contribution in [2.75, 3.05) is 0 Å². The van der Waals surface area contributed by atoms with Crippen LogP contribution >= 0.6 is 0 Å². The minimum atomic E-state index is -0.325. The lowest BCUT2D eigenvalue weighted by Gasteiger charge is -2.12. The van der Waals surface area contributed by atoms with E-state index in [1.54, 1.807) is 12.1 Å². The lowest BCUT2D eigenvalue weighted by Crippen LogP contribution is -2.14. The minimum Gasteiger partial charge on any atom is -0.508 e. The Morgan fingerprint density at radius 3 is 2.53 bits per heavy atom. The molecule has 1 atom stereocenters. The van der Waals surface area contributed by atoms with E-state index in [0.29, 0.717) is 5.56 Å². The molecular formula is C14H20O3. The van der Waals surface area contributed by atoms with Gasteiger partial charge < -0.3 is 9.84 Å². The molecule has 3 nitrogen and oxygen atoms in total. The third-order valence-corrected chi connectivity index (χ3v) is 2.63. The van der Waals surface area contributed by atoms with E-state index in [0.717, 1.165) is 12.8 Å². The average molecular weight is 236 g/mol. The number of benzene rings is 1. The molecule has 0 heterocycles. The van der Waals surface area contributed by atoms with Crippen molar-refractivity contribution in [3.05, 3.63) is 29.8 Å². The van der Waals surface area contributed by atoms with E-state index in [9.17, 15) is 4.79 Å². The summed E-state index contributed by atoms with van der Waals surface area (Å²) in [5.41, 5.74) is 0.477. The zero-order chi connectivity index (χ0) is 12.7. The van der Waals surface area contributed by atoms with Gasteiger partial charge in [-0.1, -0.05) is 19.8 Å². The second-order valence-electron chi connectivity index (χ2n) is 4.26. The summed E-state index contributed by atoms with van der Waals surface area (Å²) in [6, 6.07) is 6.10. The Bertz CT molecular complexity index is 343. The van der Waals surface area contributed by atoms with Crippen LogP contribution in [0.25, 0.3) is 0 Å². The highest BCUT2D eigenvalue weighted by atomic mass is 16.5. The van der Waals surface area contributed by atoms with Gasteiger partial charge in [-0.15, -0.1) is 0 Å². The smallest absolute Gasteiger partial charge is 0.338 e. The molecule has 0 radical (unpaired) electrons. The highest BCUT2D eigenvalue weighted by Crippen LogP contribution is 2.13. The van der Waals surface area contributed by atoms with Crippen LogP contribution in [0.4, 0.5) is 0 Å². The first kappa shape index (κ1) is 13.6. The number of carbonyl (C=O) groups excluding carboxylic acids is 1. The van der Waals surface area contributed by atoms with Crippen LogP contribution in [0.1, 0.15) is 49.9 Å². The Labute approximate surface area is 102 Å². The van der Waals surface area contributed by atoms with Gasteiger partial charge in [0.15, 0.2) is 0 Å². The number of phenols is 1. The van der Waals surface area contributed by atoms with E-state index in [2.05, 4.69) is 6.92 Å². The van der Waals surface area contributed by atoms with Gasteiger partial charge in [-0.2, -0.15) is 0 Å². The second kappa shape index (κ2) is 6.94. The normalized spacial score (nSPS) is 12.1. The van der Waals surface area contributed by atoms with Gasteiger partial charge in [-0.05, 0) is 44.0 Å². The first-order valence-corrected chi connectivity index (χ1v) is 6.13. The fraction of sp³-hybridized carbons (Fsp3) is 0.500. The number of ether oxygens (including phenoxy) is 1. The molecule has 3 heteroatoms. The van der Waals surface area contributed by atoms with Gasteiger partial charge in [0.05, 0.1) is 11.7 Å². The molecule has 1 N–H and O–H groups in total. The fourth-order valence-electron chi connectivity index (χ4n) is 1.59. The van der Waals surface area contributed by atoms with Crippen molar-refractivity contribution < 1.29 is 14.6 Å².